The van der Waals surface area contributed by atoms with E-state index in [1.165, 1.54) is 33.6 Å². The second-order valence-corrected chi connectivity index (χ2v) is 11.3. The summed E-state index contributed by atoms with van der Waals surface area (Å²) in [5.74, 6) is -0.952. The molecule has 3 heterocycles. The molecule has 1 N–H and O–H groups in total. The minimum absolute atomic E-state index is 0.208. The molecule has 7 nitrogen and oxygen atoms in total. The minimum atomic E-state index is -0.513. The lowest BCUT2D eigenvalue weighted by atomic mass is 10.0. The minimum Gasteiger partial charge on any atom is -0.462 e. The van der Waals surface area contributed by atoms with Crippen LogP contribution < -0.4 is 10.9 Å². The number of thiophene rings is 2. The van der Waals surface area contributed by atoms with Gasteiger partial charge in [-0.2, -0.15) is 0 Å². The Morgan fingerprint density at radius 1 is 0.974 bits per heavy atom. The largest absolute Gasteiger partial charge is 0.462 e. The van der Waals surface area contributed by atoms with Crippen molar-refractivity contribution in [1.29, 1.82) is 0 Å². The van der Waals surface area contributed by atoms with Crippen LogP contribution in [0.15, 0.2) is 65.0 Å². The van der Waals surface area contributed by atoms with Crippen molar-refractivity contribution in [3.63, 3.8) is 0 Å². The summed E-state index contributed by atoms with van der Waals surface area (Å²) in [5, 5.41) is 5.53. The molecule has 9 heteroatoms. The standard InChI is InChI=1S/C30H27N3O4S2/c1-5-37-30(36)25-22(20-10-6-17(2)7-11-20)15-38-28(25)32-23(34)14-33-16-31-27-26(29(33)35)24(19(4)39-27)21-12-8-18(3)9-13-21/h6-13,15-16H,5,14H2,1-4H3,(H,32,34). The van der Waals surface area contributed by atoms with Crippen LogP contribution in [0.25, 0.3) is 32.5 Å². The number of esters is 1. The number of nitrogens with one attached hydrogen (secondary N) is 1. The predicted octanol–water partition coefficient (Wildman–Crippen LogP) is 6.59. The number of benzene rings is 2. The summed E-state index contributed by atoms with van der Waals surface area (Å²) in [4.78, 5) is 45.7. The highest BCUT2D eigenvalue weighted by molar-refractivity contribution is 7.19. The van der Waals surface area contributed by atoms with E-state index in [4.69, 9.17) is 4.74 Å². The van der Waals surface area contributed by atoms with Gasteiger partial charge in [0.25, 0.3) is 5.56 Å². The monoisotopic (exact) mass is 557 g/mol. The van der Waals surface area contributed by atoms with Crippen LogP contribution in [-0.4, -0.2) is 28.0 Å². The number of fused-ring (bicyclic) bond motifs is 1. The van der Waals surface area contributed by atoms with E-state index in [1.54, 1.807) is 6.92 Å². The molecule has 0 aliphatic carbocycles. The van der Waals surface area contributed by atoms with Gasteiger partial charge >= 0.3 is 5.97 Å². The van der Waals surface area contributed by atoms with Gasteiger partial charge in [-0.15, -0.1) is 22.7 Å². The maximum absolute atomic E-state index is 13.5. The summed E-state index contributed by atoms with van der Waals surface area (Å²) in [6, 6.07) is 15.8. The number of carbonyl (C=O) groups excluding carboxylic acids is 2. The summed E-state index contributed by atoms with van der Waals surface area (Å²) >= 11 is 2.70. The van der Waals surface area contributed by atoms with Gasteiger partial charge in [-0.25, -0.2) is 9.78 Å². The zero-order chi connectivity index (χ0) is 27.7. The Labute approximate surface area is 233 Å². The smallest absolute Gasteiger partial charge is 0.341 e. The number of amides is 1. The van der Waals surface area contributed by atoms with E-state index in [2.05, 4.69) is 10.3 Å². The quantitative estimate of drug-likeness (QED) is 0.228. The average Bonchev–Trinajstić information content (AvgIpc) is 3.48. The first kappa shape index (κ1) is 26.5. The van der Waals surface area contributed by atoms with Crippen molar-refractivity contribution >= 4 is 49.8 Å². The molecule has 0 saturated heterocycles. The fraction of sp³-hybridized carbons (Fsp3) is 0.200. The summed E-state index contributed by atoms with van der Waals surface area (Å²) in [6.07, 6.45) is 1.40. The second-order valence-electron chi connectivity index (χ2n) is 9.25. The molecule has 2 aromatic carbocycles. The summed E-state index contributed by atoms with van der Waals surface area (Å²) in [6.45, 7) is 7.67. The van der Waals surface area contributed by atoms with Crippen LogP contribution in [0, 0.1) is 20.8 Å². The number of rotatable bonds is 7. The van der Waals surface area contributed by atoms with Gasteiger partial charge in [0.15, 0.2) is 0 Å². The normalized spacial score (nSPS) is 11.1. The van der Waals surface area contributed by atoms with Gasteiger partial charge in [0.05, 0.1) is 18.3 Å². The maximum atomic E-state index is 13.5. The highest BCUT2D eigenvalue weighted by atomic mass is 32.1. The van der Waals surface area contributed by atoms with Gasteiger partial charge in [0.1, 0.15) is 21.9 Å². The topological polar surface area (TPSA) is 90.3 Å². The number of ether oxygens (including phenoxy) is 1. The molecule has 0 spiro atoms. The molecule has 0 aliphatic rings. The highest BCUT2D eigenvalue weighted by Crippen LogP contribution is 2.37. The SMILES string of the molecule is CCOC(=O)c1c(-c2ccc(C)cc2)csc1NC(=O)Cn1cnc2sc(C)c(-c3ccc(C)cc3)c2c1=O. The molecular weight excluding hydrogens is 530 g/mol. The van der Waals surface area contributed by atoms with Crippen molar-refractivity contribution in [3.8, 4) is 22.3 Å². The van der Waals surface area contributed by atoms with Crippen LogP contribution in [0.5, 0.6) is 0 Å². The molecule has 0 aliphatic heterocycles. The zero-order valence-electron chi connectivity index (χ0n) is 22.0. The van der Waals surface area contributed by atoms with E-state index in [0.29, 0.717) is 26.3 Å². The van der Waals surface area contributed by atoms with Gasteiger partial charge in [-0.05, 0) is 38.8 Å². The molecule has 5 rings (SSSR count). The summed E-state index contributed by atoms with van der Waals surface area (Å²) in [5.41, 5.74) is 5.56. The molecule has 1 amide bonds. The summed E-state index contributed by atoms with van der Waals surface area (Å²) < 4.78 is 6.60. The first-order chi connectivity index (χ1) is 18.8. The first-order valence-corrected chi connectivity index (χ1v) is 14.2. The molecule has 0 unspecified atom stereocenters. The van der Waals surface area contributed by atoms with E-state index in [-0.39, 0.29) is 18.7 Å². The Morgan fingerprint density at radius 2 is 1.62 bits per heavy atom. The highest BCUT2D eigenvalue weighted by Gasteiger charge is 2.24. The van der Waals surface area contributed by atoms with Crippen molar-refractivity contribution in [2.45, 2.75) is 34.2 Å². The third-order valence-electron chi connectivity index (χ3n) is 6.40. The van der Waals surface area contributed by atoms with Crippen molar-refractivity contribution in [2.75, 3.05) is 11.9 Å². The molecule has 3 aromatic heterocycles. The molecule has 198 valence electrons. The van der Waals surface area contributed by atoms with Crippen LogP contribution in [0.3, 0.4) is 0 Å². The Hall–Kier alpha value is -4.08. The Morgan fingerprint density at radius 3 is 2.26 bits per heavy atom. The number of anilines is 1. The van der Waals surface area contributed by atoms with Gasteiger partial charge in [-0.1, -0.05) is 59.7 Å². The third kappa shape index (κ3) is 5.28. The van der Waals surface area contributed by atoms with E-state index >= 15 is 0 Å². The fourth-order valence-electron chi connectivity index (χ4n) is 4.44. The van der Waals surface area contributed by atoms with Crippen LogP contribution in [0.2, 0.25) is 0 Å². The molecule has 0 radical (unpaired) electrons. The summed E-state index contributed by atoms with van der Waals surface area (Å²) in [7, 11) is 0. The van der Waals surface area contributed by atoms with Crippen molar-refractivity contribution < 1.29 is 14.3 Å². The van der Waals surface area contributed by atoms with Crippen LogP contribution in [-0.2, 0) is 16.1 Å². The number of nitrogens with zero attached hydrogens (tertiary/aromatic N) is 2. The number of carbonyl (C=O) groups is 2. The molecule has 39 heavy (non-hydrogen) atoms. The maximum Gasteiger partial charge on any atom is 0.341 e. The van der Waals surface area contributed by atoms with Gasteiger partial charge in [0, 0.05) is 21.4 Å². The van der Waals surface area contributed by atoms with Gasteiger partial charge in [0.2, 0.25) is 5.91 Å². The number of aromatic nitrogens is 2. The molecule has 5 aromatic rings. The van der Waals surface area contributed by atoms with E-state index < -0.39 is 11.9 Å². The predicted molar refractivity (Wildman–Crippen MR) is 158 cm³/mol. The fourth-order valence-corrected chi connectivity index (χ4v) is 6.42. The lowest BCUT2D eigenvalue weighted by Crippen LogP contribution is -2.28. The average molecular weight is 558 g/mol. The Bertz CT molecular complexity index is 1750. The van der Waals surface area contributed by atoms with E-state index in [9.17, 15) is 14.4 Å². The molecule has 0 fully saturated rings. The lowest BCUT2D eigenvalue weighted by molar-refractivity contribution is -0.116. The number of hydrogen-bond acceptors (Lipinski definition) is 7. The second kappa shape index (κ2) is 11.0. The zero-order valence-corrected chi connectivity index (χ0v) is 23.7. The van der Waals surface area contributed by atoms with Gasteiger partial charge < -0.3 is 10.1 Å². The Balaban J connectivity index is 1.47. The van der Waals surface area contributed by atoms with Crippen LogP contribution >= 0.6 is 22.7 Å². The first-order valence-electron chi connectivity index (χ1n) is 12.5. The molecule has 0 saturated carbocycles. The third-order valence-corrected chi connectivity index (χ3v) is 8.30. The molecule has 0 bridgehead atoms. The number of aryl methyl sites for hydroxylation is 3. The van der Waals surface area contributed by atoms with Crippen molar-refractivity contribution in [1.82, 2.24) is 9.55 Å². The van der Waals surface area contributed by atoms with Crippen LogP contribution in [0.4, 0.5) is 5.00 Å². The lowest BCUT2D eigenvalue weighted by Gasteiger charge is -2.10. The molecular formula is C30H27N3O4S2. The Kier molecular flexibility index (Phi) is 7.45. The van der Waals surface area contributed by atoms with Crippen LogP contribution in [0.1, 0.15) is 33.3 Å². The van der Waals surface area contributed by atoms with E-state index in [0.717, 1.165) is 32.7 Å². The number of hydrogen-bond donors (Lipinski definition) is 1. The van der Waals surface area contributed by atoms with Crippen molar-refractivity contribution in [3.05, 3.63) is 92.2 Å². The van der Waals surface area contributed by atoms with Crippen molar-refractivity contribution in [2.24, 2.45) is 0 Å². The molecule has 0 atom stereocenters. The van der Waals surface area contributed by atoms with E-state index in [1.807, 2.05) is 74.7 Å². The van der Waals surface area contributed by atoms with Gasteiger partial charge in [-0.3, -0.25) is 14.2 Å².